The Hall–Kier alpha value is -2.95. The van der Waals surface area contributed by atoms with Crippen LogP contribution >= 0.6 is 11.3 Å². The molecule has 3 aromatic carbocycles. The third kappa shape index (κ3) is 6.50. The third-order valence-corrected chi connectivity index (χ3v) is 11.5. The van der Waals surface area contributed by atoms with Crippen molar-refractivity contribution in [1.29, 1.82) is 0 Å². The Balaban J connectivity index is 0.000000212. The van der Waals surface area contributed by atoms with E-state index in [4.69, 9.17) is 4.98 Å². The maximum Gasteiger partial charge on any atom is 0.0794 e. The SMILES string of the molecule is C[Si](C)(C)c1cccc2c1sc1c(-c3cc(C4CCCC4)ccn3)[c-]ccc12.Cc1ccc(-c2[c-]cccc2)nc1.[Ir]. The van der Waals surface area contributed by atoms with Gasteiger partial charge in [0.15, 0.2) is 0 Å². The summed E-state index contributed by atoms with van der Waals surface area (Å²) in [4.78, 5) is 9.07. The number of hydrogen-bond donors (Lipinski definition) is 0. The molecule has 1 radical (unpaired) electrons. The summed E-state index contributed by atoms with van der Waals surface area (Å²) in [6.45, 7) is 9.34. The van der Waals surface area contributed by atoms with E-state index in [1.165, 1.54) is 62.5 Å². The molecule has 0 atom stereocenters. The molecule has 0 amide bonds. The Morgan fingerprint density at radius 2 is 1.60 bits per heavy atom. The van der Waals surface area contributed by atoms with Gasteiger partial charge in [-0.25, -0.2) is 0 Å². The van der Waals surface area contributed by atoms with Crippen LogP contribution in [0, 0.1) is 19.1 Å². The Kier molecular flexibility index (Phi) is 9.54. The van der Waals surface area contributed by atoms with Crippen molar-refractivity contribution in [2.75, 3.05) is 0 Å². The minimum atomic E-state index is -1.40. The van der Waals surface area contributed by atoms with E-state index in [9.17, 15) is 0 Å². The fourth-order valence-electron chi connectivity index (χ4n) is 5.82. The number of fused-ring (bicyclic) bond motifs is 3. The van der Waals surface area contributed by atoms with Crippen molar-refractivity contribution >= 4 is 44.8 Å². The Labute approximate surface area is 268 Å². The van der Waals surface area contributed by atoms with Gasteiger partial charge in [0, 0.05) is 37.2 Å². The maximum atomic E-state index is 4.76. The van der Waals surface area contributed by atoms with Crippen molar-refractivity contribution in [3.63, 3.8) is 0 Å². The summed E-state index contributed by atoms with van der Waals surface area (Å²) in [5, 5.41) is 4.30. The fraction of sp³-hybridized carbons (Fsp3) is 0.243. The first-order valence-corrected chi connectivity index (χ1v) is 18.9. The van der Waals surface area contributed by atoms with Gasteiger partial charge in [-0.2, -0.15) is 11.3 Å². The minimum absolute atomic E-state index is 0. The molecule has 1 saturated carbocycles. The van der Waals surface area contributed by atoms with Crippen LogP contribution in [-0.2, 0) is 20.1 Å². The molecule has 0 bridgehead atoms. The number of pyridine rings is 2. The van der Waals surface area contributed by atoms with Crippen LogP contribution in [0.4, 0.5) is 0 Å². The molecule has 0 aliphatic heterocycles. The number of nitrogens with zero attached hydrogens (tertiary/aromatic N) is 2. The second-order valence-electron chi connectivity index (χ2n) is 12.1. The number of aryl methyl sites for hydroxylation is 1. The summed E-state index contributed by atoms with van der Waals surface area (Å²) in [5.41, 5.74) is 6.90. The molecule has 1 aliphatic carbocycles. The van der Waals surface area contributed by atoms with E-state index in [2.05, 4.69) is 85.3 Å². The maximum absolute atomic E-state index is 4.76. The zero-order valence-electron chi connectivity index (χ0n) is 24.7. The minimum Gasteiger partial charge on any atom is -0.305 e. The molecule has 2 nitrogen and oxygen atoms in total. The summed E-state index contributed by atoms with van der Waals surface area (Å²) in [6, 6.07) is 34.3. The van der Waals surface area contributed by atoms with Crippen LogP contribution in [0.2, 0.25) is 19.6 Å². The average Bonchev–Trinajstić information content (AvgIpc) is 3.66. The van der Waals surface area contributed by atoms with Crippen molar-refractivity contribution in [2.45, 2.75) is 58.2 Å². The second-order valence-corrected chi connectivity index (χ2v) is 18.1. The van der Waals surface area contributed by atoms with Crippen LogP contribution in [-0.4, -0.2) is 18.0 Å². The van der Waals surface area contributed by atoms with E-state index in [0.29, 0.717) is 5.92 Å². The van der Waals surface area contributed by atoms with Crippen molar-refractivity contribution in [3.05, 3.63) is 115 Å². The summed E-state index contributed by atoms with van der Waals surface area (Å²) in [6.07, 6.45) is 9.23. The fourth-order valence-corrected chi connectivity index (χ4v) is 9.53. The molecular formula is C37H36IrN2SSi-2. The monoisotopic (exact) mass is 761 g/mol. The molecule has 6 aromatic rings. The third-order valence-electron chi connectivity index (χ3n) is 8.03. The molecule has 7 rings (SSSR count). The smallest absolute Gasteiger partial charge is 0.0794 e. The molecule has 3 heterocycles. The first-order valence-electron chi connectivity index (χ1n) is 14.6. The van der Waals surface area contributed by atoms with Crippen LogP contribution in [0.3, 0.4) is 0 Å². The first kappa shape index (κ1) is 30.5. The van der Waals surface area contributed by atoms with Gasteiger partial charge < -0.3 is 9.97 Å². The second kappa shape index (κ2) is 13.1. The van der Waals surface area contributed by atoms with Crippen LogP contribution in [0.25, 0.3) is 42.7 Å². The number of rotatable bonds is 4. The van der Waals surface area contributed by atoms with Gasteiger partial charge in [0.25, 0.3) is 0 Å². The molecule has 42 heavy (non-hydrogen) atoms. The van der Waals surface area contributed by atoms with Gasteiger partial charge in [0.2, 0.25) is 0 Å². The largest absolute Gasteiger partial charge is 0.305 e. The van der Waals surface area contributed by atoms with Gasteiger partial charge in [0.1, 0.15) is 0 Å². The van der Waals surface area contributed by atoms with Crippen molar-refractivity contribution < 1.29 is 20.1 Å². The molecule has 0 unspecified atom stereocenters. The summed E-state index contributed by atoms with van der Waals surface area (Å²) >= 11 is 1.94. The Morgan fingerprint density at radius 3 is 2.31 bits per heavy atom. The van der Waals surface area contributed by atoms with E-state index in [-0.39, 0.29) is 20.1 Å². The van der Waals surface area contributed by atoms with E-state index in [1.54, 1.807) is 5.19 Å². The van der Waals surface area contributed by atoms with Gasteiger partial charge in [-0.1, -0.05) is 79.8 Å². The van der Waals surface area contributed by atoms with E-state index in [0.717, 1.165) is 17.0 Å². The van der Waals surface area contributed by atoms with Gasteiger partial charge in [-0.15, -0.1) is 59.7 Å². The van der Waals surface area contributed by atoms with E-state index < -0.39 is 8.07 Å². The van der Waals surface area contributed by atoms with Crippen LogP contribution in [0.15, 0.2) is 91.3 Å². The van der Waals surface area contributed by atoms with Gasteiger partial charge in [0.05, 0.1) is 8.07 Å². The summed E-state index contributed by atoms with van der Waals surface area (Å²) in [7, 11) is -1.40. The summed E-state index contributed by atoms with van der Waals surface area (Å²) < 4.78 is 2.80. The van der Waals surface area contributed by atoms with Gasteiger partial charge in [-0.3, -0.25) is 0 Å². The van der Waals surface area contributed by atoms with Crippen molar-refractivity contribution in [1.82, 2.24) is 9.97 Å². The number of thiophene rings is 1. The average molecular weight is 761 g/mol. The number of hydrogen-bond acceptors (Lipinski definition) is 3. The topological polar surface area (TPSA) is 25.8 Å². The molecule has 0 saturated heterocycles. The molecule has 215 valence electrons. The van der Waals surface area contributed by atoms with Gasteiger partial charge in [-0.05, 0) is 64.0 Å². The normalized spacial score (nSPS) is 13.5. The zero-order chi connectivity index (χ0) is 28.4. The molecule has 0 N–H and O–H groups in total. The van der Waals surface area contributed by atoms with E-state index in [1.807, 2.05) is 61.0 Å². The molecule has 0 spiro atoms. The van der Waals surface area contributed by atoms with Crippen molar-refractivity contribution in [3.8, 4) is 22.5 Å². The zero-order valence-corrected chi connectivity index (χ0v) is 28.9. The molecule has 5 heteroatoms. The summed E-state index contributed by atoms with van der Waals surface area (Å²) in [5.74, 6) is 0.710. The molecule has 1 fully saturated rings. The number of benzene rings is 3. The predicted molar refractivity (Wildman–Crippen MR) is 179 cm³/mol. The predicted octanol–water partition coefficient (Wildman–Crippen LogP) is 9.97. The first-order chi connectivity index (χ1) is 19.9. The van der Waals surface area contributed by atoms with Crippen LogP contribution in [0.1, 0.15) is 42.7 Å². The van der Waals surface area contributed by atoms with Crippen LogP contribution in [0.5, 0.6) is 0 Å². The van der Waals surface area contributed by atoms with E-state index >= 15 is 0 Å². The van der Waals surface area contributed by atoms with Crippen LogP contribution < -0.4 is 5.19 Å². The molecule has 1 aliphatic rings. The Bertz CT molecular complexity index is 1780. The molecular weight excluding hydrogens is 725 g/mol. The molecule has 3 aromatic heterocycles. The quantitative estimate of drug-likeness (QED) is 0.132. The Morgan fingerprint density at radius 1 is 0.786 bits per heavy atom. The number of aromatic nitrogens is 2. The standard InChI is InChI=1S/C25H26NSSi.C12H10N.Ir/c1-28(2,3)23-13-7-11-20-19-10-6-12-21(24(19)27-25(20)23)22-16-18(14-15-26-22)17-8-4-5-9-17;1-10-7-8-12(13-9-10)11-5-3-2-4-6-11;/h6-7,10-11,13-17H,4-5,8-9H2,1-3H3;2-5,7-9H,1H3;/q2*-1;. The van der Waals surface area contributed by atoms with Gasteiger partial charge >= 0.3 is 0 Å². The van der Waals surface area contributed by atoms with Crippen molar-refractivity contribution in [2.24, 2.45) is 0 Å².